The van der Waals surface area contributed by atoms with E-state index in [4.69, 9.17) is 0 Å². The zero-order valence-corrected chi connectivity index (χ0v) is 16.1. The number of aryl methyl sites for hydroxylation is 2. The molecule has 1 N–H and O–H groups in total. The fourth-order valence-corrected chi connectivity index (χ4v) is 3.46. The van der Waals surface area contributed by atoms with E-state index in [1.54, 1.807) is 16.8 Å². The van der Waals surface area contributed by atoms with Gasteiger partial charge in [0.2, 0.25) is 11.8 Å². The SMILES string of the molecule is Cc1ccccc1-c1cc2n(n1)CCC(=O)N2CC(=O)NCc1cccc(F)c1. The van der Waals surface area contributed by atoms with Crippen molar-refractivity contribution in [2.75, 3.05) is 11.4 Å². The first-order valence-corrected chi connectivity index (χ1v) is 9.46. The van der Waals surface area contributed by atoms with Crippen molar-refractivity contribution in [1.29, 1.82) is 0 Å². The molecule has 0 fully saturated rings. The number of anilines is 1. The molecule has 0 atom stereocenters. The minimum atomic E-state index is -0.351. The van der Waals surface area contributed by atoms with Crippen LogP contribution >= 0.6 is 0 Å². The zero-order valence-electron chi connectivity index (χ0n) is 16.1. The Morgan fingerprint density at radius 1 is 1.17 bits per heavy atom. The largest absolute Gasteiger partial charge is 0.350 e. The van der Waals surface area contributed by atoms with Gasteiger partial charge in [0.15, 0.2) is 0 Å². The number of nitrogens with zero attached hydrogens (tertiary/aromatic N) is 3. The molecule has 0 bridgehead atoms. The summed E-state index contributed by atoms with van der Waals surface area (Å²) in [5, 5.41) is 7.37. The van der Waals surface area contributed by atoms with E-state index in [2.05, 4.69) is 10.4 Å². The number of rotatable bonds is 5. The van der Waals surface area contributed by atoms with Gasteiger partial charge >= 0.3 is 0 Å². The first-order chi connectivity index (χ1) is 14.0. The van der Waals surface area contributed by atoms with Crippen LogP contribution in [0.4, 0.5) is 10.2 Å². The number of nitrogens with one attached hydrogen (secondary N) is 1. The van der Waals surface area contributed by atoms with E-state index < -0.39 is 0 Å². The molecule has 0 saturated carbocycles. The van der Waals surface area contributed by atoms with E-state index in [-0.39, 0.29) is 30.7 Å². The second kappa shape index (κ2) is 7.87. The van der Waals surface area contributed by atoms with Gasteiger partial charge in [0.1, 0.15) is 18.2 Å². The molecule has 7 heteroatoms. The van der Waals surface area contributed by atoms with Crippen molar-refractivity contribution in [2.45, 2.75) is 26.4 Å². The minimum absolute atomic E-state index is 0.104. The van der Waals surface area contributed by atoms with Gasteiger partial charge in [-0.15, -0.1) is 0 Å². The van der Waals surface area contributed by atoms with E-state index in [1.165, 1.54) is 17.0 Å². The quantitative estimate of drug-likeness (QED) is 0.726. The van der Waals surface area contributed by atoms with Crippen molar-refractivity contribution in [3.63, 3.8) is 0 Å². The molecule has 3 aromatic rings. The smallest absolute Gasteiger partial charge is 0.240 e. The van der Waals surface area contributed by atoms with Gasteiger partial charge < -0.3 is 5.32 Å². The number of carbonyl (C=O) groups is 2. The molecule has 0 radical (unpaired) electrons. The summed E-state index contributed by atoms with van der Waals surface area (Å²) in [5.74, 6) is -0.166. The van der Waals surface area contributed by atoms with Crippen LogP contribution in [-0.4, -0.2) is 28.1 Å². The highest BCUT2D eigenvalue weighted by Gasteiger charge is 2.28. The van der Waals surface area contributed by atoms with E-state index in [0.717, 1.165) is 16.8 Å². The monoisotopic (exact) mass is 392 g/mol. The van der Waals surface area contributed by atoms with Gasteiger partial charge in [-0.05, 0) is 30.2 Å². The van der Waals surface area contributed by atoms with Crippen molar-refractivity contribution in [3.05, 3.63) is 71.5 Å². The fourth-order valence-electron chi connectivity index (χ4n) is 3.46. The Morgan fingerprint density at radius 2 is 2.00 bits per heavy atom. The van der Waals surface area contributed by atoms with Gasteiger partial charge in [0.25, 0.3) is 0 Å². The number of hydrogen-bond donors (Lipinski definition) is 1. The molecular formula is C22H21FN4O2. The van der Waals surface area contributed by atoms with Crippen molar-refractivity contribution in [1.82, 2.24) is 15.1 Å². The van der Waals surface area contributed by atoms with Crippen molar-refractivity contribution in [3.8, 4) is 11.3 Å². The number of fused-ring (bicyclic) bond motifs is 1. The van der Waals surface area contributed by atoms with Gasteiger partial charge in [0.05, 0.1) is 12.2 Å². The summed E-state index contributed by atoms with van der Waals surface area (Å²) in [6.45, 7) is 2.59. The number of amides is 2. The predicted molar refractivity (Wildman–Crippen MR) is 108 cm³/mol. The highest BCUT2D eigenvalue weighted by molar-refractivity contribution is 5.99. The maximum absolute atomic E-state index is 13.3. The third kappa shape index (κ3) is 4.03. The normalized spacial score (nSPS) is 13.3. The van der Waals surface area contributed by atoms with Crippen LogP contribution in [0.1, 0.15) is 17.5 Å². The first kappa shape index (κ1) is 18.9. The summed E-state index contributed by atoms with van der Waals surface area (Å²) in [6.07, 6.45) is 0.291. The molecule has 4 rings (SSSR count). The molecule has 0 unspecified atom stereocenters. The molecule has 2 heterocycles. The lowest BCUT2D eigenvalue weighted by Crippen LogP contribution is -2.44. The van der Waals surface area contributed by atoms with E-state index in [1.807, 2.05) is 37.3 Å². The summed E-state index contributed by atoms with van der Waals surface area (Å²) in [7, 11) is 0. The predicted octanol–water partition coefficient (Wildman–Crippen LogP) is 3.05. The fraction of sp³-hybridized carbons (Fsp3) is 0.227. The van der Waals surface area contributed by atoms with Crippen LogP contribution in [0.15, 0.2) is 54.6 Å². The Kier molecular flexibility index (Phi) is 5.12. The van der Waals surface area contributed by atoms with Gasteiger partial charge in [-0.2, -0.15) is 5.10 Å². The lowest BCUT2D eigenvalue weighted by Gasteiger charge is -2.26. The Labute approximate surface area is 167 Å². The zero-order chi connectivity index (χ0) is 20.4. The van der Waals surface area contributed by atoms with Crippen LogP contribution in [0, 0.1) is 12.7 Å². The van der Waals surface area contributed by atoms with Crippen molar-refractivity contribution < 1.29 is 14.0 Å². The molecular weight excluding hydrogens is 371 g/mol. The first-order valence-electron chi connectivity index (χ1n) is 9.46. The molecule has 29 heavy (non-hydrogen) atoms. The lowest BCUT2D eigenvalue weighted by molar-refractivity contribution is -0.124. The molecule has 0 saturated heterocycles. The summed E-state index contributed by atoms with van der Waals surface area (Å²) in [6, 6.07) is 15.8. The maximum atomic E-state index is 13.3. The topological polar surface area (TPSA) is 67.2 Å². The number of halogens is 1. The standard InChI is InChI=1S/C22H21FN4O2/c1-15-5-2-3-8-18(15)19-12-21-26(22(29)9-10-27(21)25-19)14-20(28)24-13-16-6-4-7-17(23)11-16/h2-8,11-12H,9-10,13-14H2,1H3,(H,24,28). The number of aromatic nitrogens is 2. The summed E-state index contributed by atoms with van der Waals surface area (Å²) >= 11 is 0. The summed E-state index contributed by atoms with van der Waals surface area (Å²) in [4.78, 5) is 26.4. The van der Waals surface area contributed by atoms with E-state index in [0.29, 0.717) is 24.3 Å². The van der Waals surface area contributed by atoms with Gasteiger partial charge in [-0.3, -0.25) is 14.5 Å². The molecule has 1 aliphatic heterocycles. The third-order valence-corrected chi connectivity index (χ3v) is 4.98. The Morgan fingerprint density at radius 3 is 2.79 bits per heavy atom. The van der Waals surface area contributed by atoms with Crippen molar-refractivity contribution in [2.24, 2.45) is 0 Å². The molecule has 2 aromatic carbocycles. The second-order valence-corrected chi connectivity index (χ2v) is 7.06. The molecule has 0 aliphatic carbocycles. The third-order valence-electron chi connectivity index (χ3n) is 4.98. The lowest BCUT2D eigenvalue weighted by atomic mass is 10.1. The van der Waals surface area contributed by atoms with E-state index >= 15 is 0 Å². The average molecular weight is 392 g/mol. The Bertz CT molecular complexity index is 1080. The number of hydrogen-bond acceptors (Lipinski definition) is 3. The van der Waals surface area contributed by atoms with Crippen LogP contribution in [0.5, 0.6) is 0 Å². The van der Waals surface area contributed by atoms with Crippen LogP contribution in [-0.2, 0) is 22.7 Å². The summed E-state index contributed by atoms with van der Waals surface area (Å²) < 4.78 is 15.0. The van der Waals surface area contributed by atoms with Crippen molar-refractivity contribution >= 4 is 17.6 Å². The minimum Gasteiger partial charge on any atom is -0.350 e. The van der Waals surface area contributed by atoms with Crippen LogP contribution in [0.3, 0.4) is 0 Å². The molecule has 0 spiro atoms. The van der Waals surface area contributed by atoms with Gasteiger partial charge in [-0.25, -0.2) is 9.07 Å². The Hall–Kier alpha value is -3.48. The van der Waals surface area contributed by atoms with E-state index in [9.17, 15) is 14.0 Å². The summed E-state index contributed by atoms with van der Waals surface area (Å²) in [5.41, 5.74) is 3.53. The van der Waals surface area contributed by atoms with Crippen LogP contribution in [0.2, 0.25) is 0 Å². The average Bonchev–Trinajstić information content (AvgIpc) is 3.13. The highest BCUT2D eigenvalue weighted by atomic mass is 19.1. The molecule has 1 aliphatic rings. The van der Waals surface area contributed by atoms with Gasteiger partial charge in [0, 0.05) is 24.6 Å². The van der Waals surface area contributed by atoms with Crippen LogP contribution in [0.25, 0.3) is 11.3 Å². The Balaban J connectivity index is 1.50. The van der Waals surface area contributed by atoms with Crippen LogP contribution < -0.4 is 10.2 Å². The number of carbonyl (C=O) groups excluding carboxylic acids is 2. The molecule has 1 aromatic heterocycles. The molecule has 2 amide bonds. The highest BCUT2D eigenvalue weighted by Crippen LogP contribution is 2.29. The molecule has 6 nitrogen and oxygen atoms in total. The second-order valence-electron chi connectivity index (χ2n) is 7.06. The maximum Gasteiger partial charge on any atom is 0.240 e. The number of benzene rings is 2. The van der Waals surface area contributed by atoms with Gasteiger partial charge in [-0.1, -0.05) is 36.4 Å². The molecule has 148 valence electrons.